The van der Waals surface area contributed by atoms with Crippen molar-refractivity contribution in [1.29, 1.82) is 0 Å². The number of carbonyl (C=O) groups excluding carboxylic acids is 2. The molecule has 18 heavy (non-hydrogen) atoms. The van der Waals surface area contributed by atoms with Crippen molar-refractivity contribution >= 4 is 28.3 Å². The van der Waals surface area contributed by atoms with Gasteiger partial charge < -0.3 is 5.73 Å². The fourth-order valence-corrected chi connectivity index (χ4v) is 2.48. The molecular formula is C14H12N2O2. The van der Waals surface area contributed by atoms with Crippen LogP contribution in [0, 0.1) is 0 Å². The second-order valence-corrected chi connectivity index (χ2v) is 4.36. The smallest absolute Gasteiger partial charge is 0.260 e. The van der Waals surface area contributed by atoms with Gasteiger partial charge in [0.25, 0.3) is 11.8 Å². The van der Waals surface area contributed by atoms with Gasteiger partial charge in [0, 0.05) is 16.6 Å². The maximum absolute atomic E-state index is 12.0. The Balaban J connectivity index is 2.54. The molecule has 3 rings (SSSR count). The Kier molecular flexibility index (Phi) is 2.13. The van der Waals surface area contributed by atoms with Crippen LogP contribution in [0.2, 0.25) is 0 Å². The Morgan fingerprint density at radius 3 is 2.72 bits per heavy atom. The number of amides is 2. The molecule has 0 radical (unpaired) electrons. The number of benzene rings is 2. The van der Waals surface area contributed by atoms with Gasteiger partial charge in [-0.15, -0.1) is 0 Å². The summed E-state index contributed by atoms with van der Waals surface area (Å²) < 4.78 is 0. The molecule has 1 aliphatic rings. The summed E-state index contributed by atoms with van der Waals surface area (Å²) in [5.74, 6) is -0.766. The maximum atomic E-state index is 12.0. The van der Waals surface area contributed by atoms with Crippen LogP contribution in [0.1, 0.15) is 33.2 Å². The van der Waals surface area contributed by atoms with Gasteiger partial charge in [0.2, 0.25) is 0 Å². The minimum atomic E-state index is -0.406. The van der Waals surface area contributed by atoms with Crippen molar-refractivity contribution < 1.29 is 9.59 Å². The molecule has 0 aliphatic carbocycles. The van der Waals surface area contributed by atoms with Crippen molar-refractivity contribution in [3.8, 4) is 0 Å². The minimum Gasteiger partial charge on any atom is -0.398 e. The lowest BCUT2D eigenvalue weighted by atomic mass is 9.91. The lowest BCUT2D eigenvalue weighted by molar-refractivity contribution is 0.0845. The summed E-state index contributed by atoms with van der Waals surface area (Å²) in [6, 6.07) is 7.36. The molecule has 0 saturated heterocycles. The molecule has 1 aliphatic heterocycles. The van der Waals surface area contributed by atoms with Gasteiger partial charge in [-0.1, -0.05) is 19.1 Å². The number of carbonyl (C=O) groups is 2. The zero-order valence-corrected chi connectivity index (χ0v) is 9.91. The Bertz CT molecular complexity index is 704. The first-order valence-electron chi connectivity index (χ1n) is 5.83. The highest BCUT2D eigenvalue weighted by Gasteiger charge is 2.27. The van der Waals surface area contributed by atoms with Crippen molar-refractivity contribution in [3.05, 3.63) is 41.0 Å². The summed E-state index contributed by atoms with van der Waals surface area (Å²) in [6.45, 7) is 1.99. The van der Waals surface area contributed by atoms with E-state index in [9.17, 15) is 9.59 Å². The van der Waals surface area contributed by atoms with E-state index in [-0.39, 0.29) is 5.91 Å². The zero-order valence-electron chi connectivity index (χ0n) is 9.91. The molecule has 1 heterocycles. The quantitative estimate of drug-likeness (QED) is 0.590. The predicted octanol–water partition coefficient (Wildman–Crippen LogP) is 1.87. The van der Waals surface area contributed by atoms with Gasteiger partial charge in [0.1, 0.15) is 0 Å². The first-order valence-corrected chi connectivity index (χ1v) is 5.83. The Morgan fingerprint density at radius 2 is 2.00 bits per heavy atom. The summed E-state index contributed by atoms with van der Waals surface area (Å²) >= 11 is 0. The standard InChI is InChI=1S/C14H12N2O2/c1-2-7-6-8-4-3-5-9-10(8)11(12(7)15)14(18)16-13(9)17/h3-6H,2,15H2,1H3,(H,16,17,18). The third-order valence-corrected chi connectivity index (χ3v) is 3.37. The van der Waals surface area contributed by atoms with Gasteiger partial charge in [-0.05, 0) is 29.5 Å². The average molecular weight is 240 g/mol. The highest BCUT2D eigenvalue weighted by Crippen LogP contribution is 2.33. The topological polar surface area (TPSA) is 72.2 Å². The van der Waals surface area contributed by atoms with Gasteiger partial charge in [-0.2, -0.15) is 0 Å². The largest absolute Gasteiger partial charge is 0.398 e. The third kappa shape index (κ3) is 1.26. The van der Waals surface area contributed by atoms with Crippen LogP contribution in [0.5, 0.6) is 0 Å². The van der Waals surface area contributed by atoms with Crippen LogP contribution in [0.25, 0.3) is 10.8 Å². The predicted molar refractivity (Wildman–Crippen MR) is 69.5 cm³/mol. The lowest BCUT2D eigenvalue weighted by Crippen LogP contribution is -2.35. The SMILES string of the molecule is CCc1cc2cccc3c2c(c1N)C(=O)NC3=O. The van der Waals surface area contributed by atoms with Gasteiger partial charge in [0.15, 0.2) is 0 Å². The molecule has 2 aromatic rings. The number of rotatable bonds is 1. The lowest BCUT2D eigenvalue weighted by Gasteiger charge is -2.20. The molecule has 0 aromatic heterocycles. The van der Waals surface area contributed by atoms with Crippen LogP contribution >= 0.6 is 0 Å². The fraction of sp³-hybridized carbons (Fsp3) is 0.143. The van der Waals surface area contributed by atoms with Crippen LogP contribution in [-0.4, -0.2) is 11.8 Å². The second-order valence-electron chi connectivity index (χ2n) is 4.36. The van der Waals surface area contributed by atoms with E-state index in [4.69, 9.17) is 5.73 Å². The molecule has 3 N–H and O–H groups in total. The van der Waals surface area contributed by atoms with Gasteiger partial charge in [-0.25, -0.2) is 0 Å². The van der Waals surface area contributed by atoms with Crippen molar-refractivity contribution in [2.45, 2.75) is 13.3 Å². The molecule has 0 saturated carbocycles. The van der Waals surface area contributed by atoms with E-state index in [1.54, 1.807) is 6.07 Å². The van der Waals surface area contributed by atoms with E-state index in [1.807, 2.05) is 25.1 Å². The molecule has 0 spiro atoms. The molecule has 90 valence electrons. The minimum absolute atomic E-state index is 0.359. The van der Waals surface area contributed by atoms with Crippen LogP contribution < -0.4 is 11.1 Å². The molecule has 0 fully saturated rings. The fourth-order valence-electron chi connectivity index (χ4n) is 2.48. The highest BCUT2D eigenvalue weighted by molar-refractivity contribution is 6.27. The molecule has 0 atom stereocenters. The molecule has 0 unspecified atom stereocenters. The molecular weight excluding hydrogens is 228 g/mol. The molecule has 4 nitrogen and oxygen atoms in total. The molecule has 0 bridgehead atoms. The first kappa shape index (κ1) is 10.8. The van der Waals surface area contributed by atoms with E-state index in [2.05, 4.69) is 5.32 Å². The van der Waals surface area contributed by atoms with E-state index in [0.29, 0.717) is 22.2 Å². The number of aryl methyl sites for hydroxylation is 1. The summed E-state index contributed by atoms with van der Waals surface area (Å²) in [5, 5.41) is 3.88. The number of imide groups is 1. The van der Waals surface area contributed by atoms with Crippen molar-refractivity contribution in [1.82, 2.24) is 5.32 Å². The first-order chi connectivity index (χ1) is 8.63. The molecule has 2 aromatic carbocycles. The molecule has 4 heteroatoms. The normalized spacial score (nSPS) is 13.8. The van der Waals surface area contributed by atoms with Gasteiger partial charge >= 0.3 is 0 Å². The Labute approximate surface area is 104 Å². The Hall–Kier alpha value is -2.36. The summed E-state index contributed by atoms with van der Waals surface area (Å²) in [7, 11) is 0. The van der Waals surface area contributed by atoms with E-state index in [1.165, 1.54) is 0 Å². The highest BCUT2D eigenvalue weighted by atomic mass is 16.2. The van der Waals surface area contributed by atoms with Crippen LogP contribution in [0.4, 0.5) is 5.69 Å². The van der Waals surface area contributed by atoms with E-state index >= 15 is 0 Å². The van der Waals surface area contributed by atoms with Gasteiger partial charge in [-0.3, -0.25) is 14.9 Å². The van der Waals surface area contributed by atoms with Crippen molar-refractivity contribution in [2.24, 2.45) is 0 Å². The summed E-state index contributed by atoms with van der Waals surface area (Å²) in [6.07, 6.45) is 0.750. The monoisotopic (exact) mass is 240 g/mol. The molecule has 2 amide bonds. The second kappa shape index (κ2) is 3.57. The van der Waals surface area contributed by atoms with E-state index < -0.39 is 5.91 Å². The number of nitrogens with two attached hydrogens (primary N) is 1. The number of anilines is 1. The third-order valence-electron chi connectivity index (χ3n) is 3.37. The number of nitrogens with one attached hydrogen (secondary N) is 1. The Morgan fingerprint density at radius 1 is 1.22 bits per heavy atom. The van der Waals surface area contributed by atoms with Crippen LogP contribution in [0.15, 0.2) is 24.3 Å². The van der Waals surface area contributed by atoms with E-state index in [0.717, 1.165) is 17.4 Å². The average Bonchev–Trinajstić information content (AvgIpc) is 2.36. The maximum Gasteiger partial charge on any atom is 0.260 e. The number of nitrogen functional groups attached to an aromatic ring is 1. The summed E-state index contributed by atoms with van der Waals surface area (Å²) in [4.78, 5) is 23.7. The summed E-state index contributed by atoms with van der Waals surface area (Å²) in [5.41, 5.74) is 8.38. The zero-order chi connectivity index (χ0) is 12.9. The van der Waals surface area contributed by atoms with Crippen LogP contribution in [0.3, 0.4) is 0 Å². The number of hydrogen-bond donors (Lipinski definition) is 2. The number of hydrogen-bond acceptors (Lipinski definition) is 3. The van der Waals surface area contributed by atoms with Crippen molar-refractivity contribution in [2.75, 3.05) is 5.73 Å². The van der Waals surface area contributed by atoms with Crippen LogP contribution in [-0.2, 0) is 6.42 Å². The van der Waals surface area contributed by atoms with Gasteiger partial charge in [0.05, 0.1) is 5.56 Å². The van der Waals surface area contributed by atoms with Crippen molar-refractivity contribution in [3.63, 3.8) is 0 Å².